The number of nitriles is 1. The van der Waals surface area contributed by atoms with Crippen LogP contribution in [-0.4, -0.2) is 32.9 Å². The van der Waals surface area contributed by atoms with Gasteiger partial charge >= 0.3 is 0 Å². The minimum Gasteiger partial charge on any atom is -0.483 e. The fraction of sp³-hybridized carbons (Fsp3) is 0.429. The zero-order valence-corrected chi connectivity index (χ0v) is 11.8. The first kappa shape index (κ1) is 14.9. The summed E-state index contributed by atoms with van der Waals surface area (Å²) in [6.45, 7) is 0.986. The van der Waals surface area contributed by atoms with Crippen LogP contribution in [-0.2, 0) is 11.3 Å². The zero-order chi connectivity index (χ0) is 15.1. The van der Waals surface area contributed by atoms with Crippen LogP contribution < -0.4 is 24.8 Å². The molecular formula is C14H17N3O4. The molecule has 1 amide bonds. The number of carbonyl (C=O) groups excluding carboxylic acids is 1. The van der Waals surface area contributed by atoms with Crippen molar-refractivity contribution in [1.82, 2.24) is 10.6 Å². The van der Waals surface area contributed by atoms with E-state index in [4.69, 9.17) is 19.5 Å². The molecule has 7 nitrogen and oxygen atoms in total. The number of nitrogens with one attached hydrogen (secondary N) is 2. The highest BCUT2D eigenvalue weighted by Crippen LogP contribution is 2.38. The highest BCUT2D eigenvalue weighted by Gasteiger charge is 2.18. The number of rotatable bonds is 7. The van der Waals surface area contributed by atoms with Gasteiger partial charge in [0.2, 0.25) is 6.79 Å². The van der Waals surface area contributed by atoms with E-state index in [9.17, 15) is 4.79 Å². The molecule has 0 unspecified atom stereocenters. The zero-order valence-electron chi connectivity index (χ0n) is 11.8. The van der Waals surface area contributed by atoms with Gasteiger partial charge in [-0.15, -0.1) is 0 Å². The van der Waals surface area contributed by atoms with E-state index in [1.165, 1.54) is 0 Å². The lowest BCUT2D eigenvalue weighted by atomic mass is 10.1. The van der Waals surface area contributed by atoms with Gasteiger partial charge in [0, 0.05) is 24.7 Å². The van der Waals surface area contributed by atoms with Gasteiger partial charge in [0.1, 0.15) is 5.75 Å². The summed E-state index contributed by atoms with van der Waals surface area (Å²) in [6.07, 6.45) is 0.279. The van der Waals surface area contributed by atoms with E-state index >= 15 is 0 Å². The first-order chi connectivity index (χ1) is 10.2. The summed E-state index contributed by atoms with van der Waals surface area (Å²) in [7, 11) is 1.82. The standard InChI is InChI=1S/C14H17N3O4/c1-16-7-10-5-12-13(21-9-20-12)6-11(10)19-8-14(18)17-4-2-3-15/h5-6,16H,2,4,7-9H2,1H3,(H,17,18). The molecule has 1 aromatic carbocycles. The highest BCUT2D eigenvalue weighted by molar-refractivity contribution is 5.77. The Kier molecular flexibility index (Phi) is 5.23. The van der Waals surface area contributed by atoms with E-state index in [0.29, 0.717) is 30.3 Å². The van der Waals surface area contributed by atoms with Crippen molar-refractivity contribution in [3.8, 4) is 23.3 Å². The molecule has 1 aromatic rings. The Morgan fingerprint density at radius 1 is 1.43 bits per heavy atom. The van der Waals surface area contributed by atoms with Gasteiger partial charge in [0.05, 0.1) is 12.5 Å². The maximum absolute atomic E-state index is 11.6. The molecule has 0 aliphatic carbocycles. The lowest BCUT2D eigenvalue weighted by molar-refractivity contribution is -0.123. The Morgan fingerprint density at radius 3 is 2.90 bits per heavy atom. The minimum absolute atomic E-state index is 0.109. The van der Waals surface area contributed by atoms with Gasteiger partial charge in [-0.2, -0.15) is 5.26 Å². The first-order valence-electron chi connectivity index (χ1n) is 6.58. The fourth-order valence-corrected chi connectivity index (χ4v) is 1.88. The smallest absolute Gasteiger partial charge is 0.257 e. The lowest BCUT2D eigenvalue weighted by Gasteiger charge is -2.12. The van der Waals surface area contributed by atoms with Gasteiger partial charge in [0.15, 0.2) is 18.1 Å². The molecule has 1 aliphatic heterocycles. The number of ether oxygens (including phenoxy) is 3. The Balaban J connectivity index is 1.98. The molecule has 112 valence electrons. The van der Waals surface area contributed by atoms with Crippen molar-refractivity contribution in [2.45, 2.75) is 13.0 Å². The summed E-state index contributed by atoms with van der Waals surface area (Å²) >= 11 is 0. The van der Waals surface area contributed by atoms with Crippen LogP contribution in [0.4, 0.5) is 0 Å². The van der Waals surface area contributed by atoms with Crippen molar-refractivity contribution in [3.63, 3.8) is 0 Å². The average molecular weight is 291 g/mol. The van der Waals surface area contributed by atoms with Gasteiger partial charge in [-0.25, -0.2) is 0 Å². The van der Waals surface area contributed by atoms with Gasteiger partial charge in [-0.05, 0) is 13.1 Å². The molecular weight excluding hydrogens is 274 g/mol. The normalized spacial score (nSPS) is 11.8. The van der Waals surface area contributed by atoms with E-state index in [2.05, 4.69) is 10.6 Å². The summed E-state index contributed by atoms with van der Waals surface area (Å²) in [5.41, 5.74) is 0.881. The SMILES string of the molecule is CNCc1cc2c(cc1OCC(=O)NCCC#N)OCO2. The summed E-state index contributed by atoms with van der Waals surface area (Å²) < 4.78 is 16.2. The van der Waals surface area contributed by atoms with Crippen molar-refractivity contribution < 1.29 is 19.0 Å². The quantitative estimate of drug-likeness (QED) is 0.712. The molecule has 21 heavy (non-hydrogen) atoms. The van der Waals surface area contributed by atoms with Crippen molar-refractivity contribution in [1.29, 1.82) is 5.26 Å². The van der Waals surface area contributed by atoms with Crippen LogP contribution in [0.1, 0.15) is 12.0 Å². The van der Waals surface area contributed by atoms with Gasteiger partial charge < -0.3 is 24.8 Å². The predicted octanol–water partition coefficient (Wildman–Crippen LogP) is 0.543. The number of hydrogen-bond donors (Lipinski definition) is 2. The van der Waals surface area contributed by atoms with E-state index in [1.807, 2.05) is 19.2 Å². The topological polar surface area (TPSA) is 92.6 Å². The molecule has 0 radical (unpaired) electrons. The monoisotopic (exact) mass is 291 g/mol. The van der Waals surface area contributed by atoms with Crippen molar-refractivity contribution in [2.75, 3.05) is 27.0 Å². The largest absolute Gasteiger partial charge is 0.483 e. The first-order valence-corrected chi connectivity index (χ1v) is 6.58. The molecule has 0 saturated carbocycles. The molecule has 0 saturated heterocycles. The third kappa shape index (κ3) is 4.00. The predicted molar refractivity (Wildman–Crippen MR) is 74.1 cm³/mol. The average Bonchev–Trinajstić information content (AvgIpc) is 2.92. The van der Waals surface area contributed by atoms with Gasteiger partial charge in [0.25, 0.3) is 5.91 Å². The Hall–Kier alpha value is -2.46. The maximum atomic E-state index is 11.6. The summed E-state index contributed by atoms with van der Waals surface area (Å²) in [6, 6.07) is 5.51. The van der Waals surface area contributed by atoms with Crippen molar-refractivity contribution in [3.05, 3.63) is 17.7 Å². The van der Waals surface area contributed by atoms with Crippen LogP contribution in [0.3, 0.4) is 0 Å². The summed E-state index contributed by atoms with van der Waals surface area (Å²) in [5.74, 6) is 1.59. The molecule has 1 aliphatic rings. The number of carbonyl (C=O) groups is 1. The Bertz CT molecular complexity index is 554. The van der Waals surface area contributed by atoms with E-state index in [0.717, 1.165) is 5.56 Å². The maximum Gasteiger partial charge on any atom is 0.257 e. The third-order valence-electron chi connectivity index (χ3n) is 2.84. The van der Waals surface area contributed by atoms with Crippen LogP contribution in [0.2, 0.25) is 0 Å². The second-order valence-corrected chi connectivity index (χ2v) is 4.39. The van der Waals surface area contributed by atoms with Crippen LogP contribution >= 0.6 is 0 Å². The third-order valence-corrected chi connectivity index (χ3v) is 2.84. The van der Waals surface area contributed by atoms with Crippen LogP contribution in [0, 0.1) is 11.3 Å². The molecule has 2 N–H and O–H groups in total. The number of nitrogens with zero attached hydrogens (tertiary/aromatic N) is 1. The summed E-state index contributed by atoms with van der Waals surface area (Å²) in [5, 5.41) is 14.0. The molecule has 0 spiro atoms. The second-order valence-electron chi connectivity index (χ2n) is 4.39. The molecule has 0 aromatic heterocycles. The van der Waals surface area contributed by atoms with Crippen molar-refractivity contribution in [2.24, 2.45) is 0 Å². The van der Waals surface area contributed by atoms with Gasteiger partial charge in [-0.3, -0.25) is 4.79 Å². The highest BCUT2D eigenvalue weighted by atomic mass is 16.7. The lowest BCUT2D eigenvalue weighted by Crippen LogP contribution is -2.29. The molecule has 7 heteroatoms. The molecule has 0 atom stereocenters. The van der Waals surface area contributed by atoms with Crippen LogP contribution in [0.5, 0.6) is 17.2 Å². The second kappa shape index (κ2) is 7.36. The number of fused-ring (bicyclic) bond motifs is 1. The van der Waals surface area contributed by atoms with E-state index < -0.39 is 0 Å². The molecule has 1 heterocycles. The molecule has 0 bridgehead atoms. The summed E-state index contributed by atoms with van der Waals surface area (Å²) in [4.78, 5) is 11.6. The Labute approximate surface area is 122 Å². The molecule has 2 rings (SSSR count). The molecule has 0 fully saturated rings. The van der Waals surface area contributed by atoms with Gasteiger partial charge in [-0.1, -0.05) is 0 Å². The number of amides is 1. The van der Waals surface area contributed by atoms with Crippen molar-refractivity contribution >= 4 is 5.91 Å². The number of hydrogen-bond acceptors (Lipinski definition) is 6. The fourth-order valence-electron chi connectivity index (χ4n) is 1.88. The van der Waals surface area contributed by atoms with E-state index in [-0.39, 0.29) is 25.7 Å². The van der Waals surface area contributed by atoms with Crippen LogP contribution in [0.25, 0.3) is 0 Å². The van der Waals surface area contributed by atoms with Crippen LogP contribution in [0.15, 0.2) is 12.1 Å². The Morgan fingerprint density at radius 2 is 2.19 bits per heavy atom. The van der Waals surface area contributed by atoms with E-state index in [1.54, 1.807) is 6.07 Å². The number of benzene rings is 1. The minimum atomic E-state index is -0.265.